The first-order valence-corrected chi connectivity index (χ1v) is 12.8. The smallest absolute Gasteiger partial charge is 0.303 e. The normalized spacial score (nSPS) is 14.7. The number of hydrogen-bond donors (Lipinski definition) is 2. The van der Waals surface area contributed by atoms with Crippen molar-refractivity contribution in [2.75, 3.05) is 24.8 Å². The molecular formula is C26H27BrClN3O4. The molecule has 35 heavy (non-hydrogen) atoms. The Morgan fingerprint density at radius 3 is 2.77 bits per heavy atom. The van der Waals surface area contributed by atoms with Crippen molar-refractivity contribution in [2.45, 2.75) is 38.5 Å². The van der Waals surface area contributed by atoms with Gasteiger partial charge in [-0.05, 0) is 56.0 Å². The van der Waals surface area contributed by atoms with Crippen molar-refractivity contribution >= 4 is 56.1 Å². The number of carbonyl (C=O) groups is 2. The number of pyridine rings is 1. The van der Waals surface area contributed by atoms with E-state index >= 15 is 0 Å². The number of nitrogens with zero attached hydrogens (tertiary/aromatic N) is 2. The lowest BCUT2D eigenvalue weighted by Gasteiger charge is -2.29. The van der Waals surface area contributed by atoms with E-state index in [1.54, 1.807) is 11.1 Å². The van der Waals surface area contributed by atoms with Crippen molar-refractivity contribution in [3.8, 4) is 0 Å². The second-order valence-electron chi connectivity index (χ2n) is 8.60. The average molecular weight is 561 g/mol. The maximum absolute atomic E-state index is 13.6. The number of carboxylic acid groups (broad SMARTS) is 1. The molecule has 1 aliphatic rings. The van der Waals surface area contributed by atoms with Crippen LogP contribution in [0.15, 0.2) is 46.9 Å². The minimum absolute atomic E-state index is 0.0215. The second-order valence-corrected chi connectivity index (χ2v) is 9.92. The van der Waals surface area contributed by atoms with Crippen LogP contribution in [0.25, 0.3) is 10.9 Å². The van der Waals surface area contributed by atoms with E-state index in [0.29, 0.717) is 41.5 Å². The molecule has 1 fully saturated rings. The van der Waals surface area contributed by atoms with Gasteiger partial charge in [-0.1, -0.05) is 45.7 Å². The summed E-state index contributed by atoms with van der Waals surface area (Å²) < 4.78 is 0.845. The number of benzene rings is 2. The molecule has 1 unspecified atom stereocenters. The molecule has 1 amide bonds. The summed E-state index contributed by atoms with van der Waals surface area (Å²) in [7, 11) is 0. The van der Waals surface area contributed by atoms with Crippen LogP contribution in [0.5, 0.6) is 0 Å². The molecular weight excluding hydrogens is 534 g/mol. The van der Waals surface area contributed by atoms with Gasteiger partial charge in [-0.3, -0.25) is 14.4 Å². The number of halogens is 2. The molecule has 2 heterocycles. The highest BCUT2D eigenvalue weighted by Crippen LogP contribution is 2.32. The van der Waals surface area contributed by atoms with Crippen LogP contribution >= 0.6 is 27.5 Å². The highest BCUT2D eigenvalue weighted by atomic mass is 79.9. The zero-order valence-electron chi connectivity index (χ0n) is 19.4. The molecule has 3 aromatic rings. The Balaban J connectivity index is 1.67. The van der Waals surface area contributed by atoms with Gasteiger partial charge in [-0.25, -0.2) is 10.0 Å². The van der Waals surface area contributed by atoms with E-state index in [-0.39, 0.29) is 24.8 Å². The fourth-order valence-corrected chi connectivity index (χ4v) is 5.04. The van der Waals surface area contributed by atoms with Gasteiger partial charge in [0.15, 0.2) is 5.82 Å². The summed E-state index contributed by atoms with van der Waals surface area (Å²) in [5.74, 6) is -0.744. The van der Waals surface area contributed by atoms with Gasteiger partial charge in [0.1, 0.15) is 0 Å². The zero-order valence-corrected chi connectivity index (χ0v) is 21.7. The molecule has 2 N–H and O–H groups in total. The van der Waals surface area contributed by atoms with E-state index in [1.807, 2.05) is 43.3 Å². The minimum atomic E-state index is -0.889. The summed E-state index contributed by atoms with van der Waals surface area (Å²) in [5, 5.41) is 15.3. The summed E-state index contributed by atoms with van der Waals surface area (Å²) in [5.41, 5.74) is 2.77. The molecule has 1 aliphatic heterocycles. The lowest BCUT2D eigenvalue weighted by molar-refractivity contribution is -0.137. The van der Waals surface area contributed by atoms with Crippen LogP contribution < -0.4 is 10.4 Å². The predicted molar refractivity (Wildman–Crippen MR) is 140 cm³/mol. The molecule has 0 spiro atoms. The number of amides is 1. The largest absolute Gasteiger partial charge is 0.481 e. The Hall–Kier alpha value is -2.68. The minimum Gasteiger partial charge on any atom is -0.481 e. The topological polar surface area (TPSA) is 91.8 Å². The summed E-state index contributed by atoms with van der Waals surface area (Å²) in [4.78, 5) is 35.5. The van der Waals surface area contributed by atoms with Crippen molar-refractivity contribution in [1.82, 2.24) is 10.3 Å². The molecule has 0 aliphatic carbocycles. The van der Waals surface area contributed by atoms with Crippen LogP contribution in [0.4, 0.5) is 5.82 Å². The van der Waals surface area contributed by atoms with Gasteiger partial charge in [-0.15, -0.1) is 0 Å². The molecule has 1 saturated heterocycles. The van der Waals surface area contributed by atoms with E-state index in [2.05, 4.69) is 21.2 Å². The van der Waals surface area contributed by atoms with E-state index < -0.39 is 5.97 Å². The molecule has 1 aromatic heterocycles. The third-order valence-electron chi connectivity index (χ3n) is 6.19. The molecule has 0 saturated carbocycles. The number of rotatable bonds is 8. The number of aliphatic carboxylic acids is 1. The number of aromatic nitrogens is 1. The quantitative estimate of drug-likeness (QED) is 0.358. The van der Waals surface area contributed by atoms with Gasteiger partial charge < -0.3 is 10.4 Å². The van der Waals surface area contributed by atoms with Crippen molar-refractivity contribution < 1.29 is 19.5 Å². The number of fused-ring (bicyclic) bond motifs is 1. The number of carboxylic acids is 1. The summed E-state index contributed by atoms with van der Waals surface area (Å²) in [6, 6.07) is 13.0. The lowest BCUT2D eigenvalue weighted by atomic mass is 9.93. The third kappa shape index (κ3) is 5.94. The fraction of sp³-hybridized carbons (Fsp3) is 0.346. The van der Waals surface area contributed by atoms with Crippen LogP contribution in [-0.4, -0.2) is 41.7 Å². The summed E-state index contributed by atoms with van der Waals surface area (Å²) in [6.07, 6.45) is 2.31. The van der Waals surface area contributed by atoms with Crippen LogP contribution in [0.3, 0.4) is 0 Å². The molecule has 1 atom stereocenters. The number of carbonyl (C=O) groups excluding carboxylic acids is 1. The van der Waals surface area contributed by atoms with E-state index in [4.69, 9.17) is 21.4 Å². The van der Waals surface area contributed by atoms with Crippen LogP contribution in [-0.2, 0) is 9.63 Å². The molecule has 0 bridgehead atoms. The lowest BCUT2D eigenvalue weighted by Crippen LogP contribution is -2.33. The van der Waals surface area contributed by atoms with Gasteiger partial charge >= 0.3 is 5.97 Å². The van der Waals surface area contributed by atoms with Crippen LogP contribution in [0, 0.1) is 6.92 Å². The molecule has 4 rings (SSSR count). The monoisotopic (exact) mass is 559 g/mol. The molecule has 9 heteroatoms. The summed E-state index contributed by atoms with van der Waals surface area (Å²) in [6.45, 7) is 3.46. The first kappa shape index (κ1) is 25.4. The molecule has 0 radical (unpaired) electrons. The number of hydrogen-bond acceptors (Lipinski definition) is 5. The first-order chi connectivity index (χ1) is 16.8. The van der Waals surface area contributed by atoms with Gasteiger partial charge in [0.2, 0.25) is 0 Å². The summed E-state index contributed by atoms with van der Waals surface area (Å²) >= 11 is 9.91. The van der Waals surface area contributed by atoms with E-state index in [1.165, 1.54) is 0 Å². The molecule has 184 valence electrons. The number of nitrogens with one attached hydrogen (secondary N) is 1. The fourth-order valence-electron chi connectivity index (χ4n) is 4.39. The van der Waals surface area contributed by atoms with Crippen molar-refractivity contribution in [3.63, 3.8) is 0 Å². The van der Waals surface area contributed by atoms with E-state index in [9.17, 15) is 14.7 Å². The third-order valence-corrected chi connectivity index (χ3v) is 7.03. The SMILES string of the molecule is Cc1c(N2CCCCO2)nc2ccc(Br)cc2c1C(=O)NCC(CCC(=O)O)c1ccccc1Cl. The van der Waals surface area contributed by atoms with Crippen molar-refractivity contribution in [2.24, 2.45) is 0 Å². The molecule has 2 aromatic carbocycles. The highest BCUT2D eigenvalue weighted by Gasteiger charge is 2.24. The maximum atomic E-state index is 13.6. The Bertz CT molecular complexity index is 1250. The average Bonchev–Trinajstić information content (AvgIpc) is 2.84. The standard InChI is InChI=1S/C26H27BrClN3O4/c1-16-24(20-14-18(27)9-10-22(20)30-25(16)31-12-4-5-13-35-31)26(34)29-15-17(8-11-23(32)33)19-6-2-3-7-21(19)28/h2-3,6-7,9-10,14,17H,4-5,8,11-13,15H2,1H3,(H,29,34)(H,32,33). The van der Waals surface area contributed by atoms with E-state index in [0.717, 1.165) is 33.8 Å². The molecule has 7 nitrogen and oxygen atoms in total. The first-order valence-electron chi connectivity index (χ1n) is 11.6. The van der Waals surface area contributed by atoms with Gasteiger partial charge in [0, 0.05) is 45.9 Å². The number of anilines is 1. The van der Waals surface area contributed by atoms with Gasteiger partial charge in [0.25, 0.3) is 5.91 Å². The van der Waals surface area contributed by atoms with Crippen LogP contribution in [0.1, 0.15) is 53.1 Å². The van der Waals surface area contributed by atoms with Gasteiger partial charge in [0.05, 0.1) is 17.7 Å². The van der Waals surface area contributed by atoms with Crippen molar-refractivity contribution in [1.29, 1.82) is 0 Å². The van der Waals surface area contributed by atoms with Gasteiger partial charge in [-0.2, -0.15) is 0 Å². The second kappa shape index (κ2) is 11.4. The van der Waals surface area contributed by atoms with Crippen molar-refractivity contribution in [3.05, 3.63) is 68.7 Å². The Morgan fingerprint density at radius 1 is 1.26 bits per heavy atom. The zero-order chi connectivity index (χ0) is 24.9. The van der Waals surface area contributed by atoms with Crippen LogP contribution in [0.2, 0.25) is 5.02 Å². The maximum Gasteiger partial charge on any atom is 0.303 e. The Labute approximate surface area is 217 Å². The highest BCUT2D eigenvalue weighted by molar-refractivity contribution is 9.10. The number of hydroxylamine groups is 1. The Kier molecular flexibility index (Phi) is 8.26. The Morgan fingerprint density at radius 2 is 2.06 bits per heavy atom. The predicted octanol–water partition coefficient (Wildman–Crippen LogP) is 5.87.